The number of carbonyl (C=O) groups excluding carboxylic acids is 1. The van der Waals surface area contributed by atoms with E-state index in [1.54, 1.807) is 0 Å². The number of nitrogens with zero attached hydrogens (tertiary/aromatic N) is 1. The molecular formula is C11H22N2O. The average Bonchev–Trinajstić information content (AvgIpc) is 2.19. The number of likely N-dealkylation sites (tertiary alicyclic amines) is 1. The number of piperidine rings is 1. The number of hydrogen-bond acceptors (Lipinski definition) is 2. The van der Waals surface area contributed by atoms with E-state index in [9.17, 15) is 4.79 Å². The molecule has 2 N–H and O–H groups in total. The molecule has 1 rings (SSSR count). The maximum absolute atomic E-state index is 11.2. The second-order valence-electron chi connectivity index (χ2n) is 4.24. The number of nitrogens with two attached hydrogens (primary N) is 1. The lowest BCUT2D eigenvalue weighted by Crippen LogP contribution is -2.48. The Morgan fingerprint density at radius 1 is 1.57 bits per heavy atom. The predicted molar refractivity (Wildman–Crippen MR) is 57.9 cm³/mol. The molecule has 1 fully saturated rings. The summed E-state index contributed by atoms with van der Waals surface area (Å²) in [5.74, 6) is 0.599. The standard InChI is InChI=1S/C11H22N2O/c1-3-9-6-5-7-13(8-9)10(4-2)11(12)14/h9-10H,3-8H2,1-2H3,(H2,12,14). The molecular weight excluding hydrogens is 176 g/mol. The van der Waals surface area contributed by atoms with Crippen LogP contribution in [0.5, 0.6) is 0 Å². The zero-order valence-corrected chi connectivity index (χ0v) is 9.33. The van der Waals surface area contributed by atoms with Crippen LogP contribution in [-0.2, 0) is 4.79 Å². The zero-order valence-electron chi connectivity index (χ0n) is 9.33. The van der Waals surface area contributed by atoms with E-state index in [1.807, 2.05) is 6.92 Å². The number of rotatable bonds is 4. The van der Waals surface area contributed by atoms with Gasteiger partial charge >= 0.3 is 0 Å². The summed E-state index contributed by atoms with van der Waals surface area (Å²) in [5, 5.41) is 0. The number of amides is 1. The molecule has 14 heavy (non-hydrogen) atoms. The van der Waals surface area contributed by atoms with Crippen molar-refractivity contribution in [1.82, 2.24) is 4.90 Å². The Labute approximate surface area is 86.6 Å². The van der Waals surface area contributed by atoms with Gasteiger partial charge in [-0.2, -0.15) is 0 Å². The van der Waals surface area contributed by atoms with Gasteiger partial charge in [0.25, 0.3) is 0 Å². The molecule has 0 saturated carbocycles. The summed E-state index contributed by atoms with van der Waals surface area (Å²) in [5.41, 5.74) is 5.38. The molecule has 0 aromatic heterocycles. The van der Waals surface area contributed by atoms with Gasteiger partial charge in [0.1, 0.15) is 0 Å². The van der Waals surface area contributed by atoms with Crippen LogP contribution in [0.2, 0.25) is 0 Å². The Balaban J connectivity index is 2.53. The lowest BCUT2D eigenvalue weighted by Gasteiger charge is -2.36. The van der Waals surface area contributed by atoms with Crippen LogP contribution in [-0.4, -0.2) is 29.9 Å². The first-order valence-electron chi connectivity index (χ1n) is 5.72. The minimum atomic E-state index is -0.163. The summed E-state index contributed by atoms with van der Waals surface area (Å²) < 4.78 is 0. The third kappa shape index (κ3) is 2.71. The average molecular weight is 198 g/mol. The monoisotopic (exact) mass is 198 g/mol. The highest BCUT2D eigenvalue weighted by Gasteiger charge is 2.26. The molecule has 3 heteroatoms. The van der Waals surface area contributed by atoms with Crippen molar-refractivity contribution in [2.45, 2.75) is 45.6 Å². The highest BCUT2D eigenvalue weighted by molar-refractivity contribution is 5.79. The maximum atomic E-state index is 11.2. The summed E-state index contributed by atoms with van der Waals surface area (Å²) in [4.78, 5) is 13.5. The van der Waals surface area contributed by atoms with Crippen molar-refractivity contribution in [3.8, 4) is 0 Å². The van der Waals surface area contributed by atoms with E-state index in [0.717, 1.165) is 25.4 Å². The largest absolute Gasteiger partial charge is 0.368 e. The first-order chi connectivity index (χ1) is 6.69. The molecule has 0 aromatic rings. The van der Waals surface area contributed by atoms with Crippen molar-refractivity contribution >= 4 is 5.91 Å². The van der Waals surface area contributed by atoms with Crippen LogP contribution in [0.3, 0.4) is 0 Å². The van der Waals surface area contributed by atoms with Gasteiger partial charge in [0, 0.05) is 6.54 Å². The van der Waals surface area contributed by atoms with Crippen molar-refractivity contribution in [2.24, 2.45) is 11.7 Å². The van der Waals surface area contributed by atoms with Crippen LogP contribution in [0, 0.1) is 5.92 Å². The first kappa shape index (κ1) is 11.5. The third-order valence-electron chi connectivity index (χ3n) is 3.28. The van der Waals surface area contributed by atoms with Gasteiger partial charge in [-0.1, -0.05) is 20.3 Å². The Hall–Kier alpha value is -0.570. The number of carbonyl (C=O) groups is 1. The van der Waals surface area contributed by atoms with E-state index >= 15 is 0 Å². The molecule has 1 saturated heterocycles. The number of primary amides is 1. The lowest BCUT2D eigenvalue weighted by atomic mass is 9.94. The molecule has 0 radical (unpaired) electrons. The first-order valence-corrected chi connectivity index (χ1v) is 5.72. The van der Waals surface area contributed by atoms with Crippen LogP contribution < -0.4 is 5.73 Å². The highest BCUT2D eigenvalue weighted by atomic mass is 16.1. The van der Waals surface area contributed by atoms with Gasteiger partial charge in [-0.3, -0.25) is 9.69 Å². The second kappa shape index (κ2) is 5.35. The van der Waals surface area contributed by atoms with Crippen molar-refractivity contribution in [3.05, 3.63) is 0 Å². The van der Waals surface area contributed by atoms with Crippen LogP contribution in [0.25, 0.3) is 0 Å². The fraction of sp³-hybridized carbons (Fsp3) is 0.909. The summed E-state index contributed by atoms with van der Waals surface area (Å²) in [7, 11) is 0. The minimum absolute atomic E-state index is 0.0376. The van der Waals surface area contributed by atoms with E-state index in [4.69, 9.17) is 5.73 Å². The second-order valence-corrected chi connectivity index (χ2v) is 4.24. The molecule has 1 heterocycles. The molecule has 82 valence electrons. The Morgan fingerprint density at radius 3 is 2.79 bits per heavy atom. The van der Waals surface area contributed by atoms with Gasteiger partial charge in [-0.15, -0.1) is 0 Å². The van der Waals surface area contributed by atoms with Crippen molar-refractivity contribution in [2.75, 3.05) is 13.1 Å². The molecule has 0 aliphatic carbocycles. The Bertz CT molecular complexity index is 194. The van der Waals surface area contributed by atoms with Crippen LogP contribution in [0.15, 0.2) is 0 Å². The Kier molecular flexibility index (Phi) is 4.39. The van der Waals surface area contributed by atoms with Gasteiger partial charge in [0.2, 0.25) is 5.91 Å². The molecule has 0 aromatic carbocycles. The number of hydrogen-bond donors (Lipinski definition) is 1. The fourth-order valence-corrected chi connectivity index (χ4v) is 2.35. The summed E-state index contributed by atoms with van der Waals surface area (Å²) in [6, 6.07) is -0.0376. The maximum Gasteiger partial charge on any atom is 0.234 e. The van der Waals surface area contributed by atoms with E-state index in [0.29, 0.717) is 0 Å². The SMILES string of the molecule is CCC1CCCN(C(CC)C(N)=O)C1. The van der Waals surface area contributed by atoms with Gasteiger partial charge < -0.3 is 5.73 Å². The summed E-state index contributed by atoms with van der Waals surface area (Å²) in [6.45, 7) is 6.35. The topological polar surface area (TPSA) is 46.3 Å². The van der Waals surface area contributed by atoms with E-state index < -0.39 is 0 Å². The van der Waals surface area contributed by atoms with Crippen LogP contribution in [0.1, 0.15) is 39.5 Å². The van der Waals surface area contributed by atoms with Crippen molar-refractivity contribution in [3.63, 3.8) is 0 Å². The zero-order chi connectivity index (χ0) is 10.6. The molecule has 3 nitrogen and oxygen atoms in total. The lowest BCUT2D eigenvalue weighted by molar-refractivity contribution is -0.124. The molecule has 1 aliphatic heterocycles. The highest BCUT2D eigenvalue weighted by Crippen LogP contribution is 2.21. The molecule has 2 unspecified atom stereocenters. The molecule has 0 spiro atoms. The summed E-state index contributed by atoms with van der Waals surface area (Å²) >= 11 is 0. The molecule has 1 aliphatic rings. The quantitative estimate of drug-likeness (QED) is 0.741. The molecule has 1 amide bonds. The summed E-state index contributed by atoms with van der Waals surface area (Å²) in [6.07, 6.45) is 4.57. The molecule has 2 atom stereocenters. The third-order valence-corrected chi connectivity index (χ3v) is 3.28. The molecule has 0 bridgehead atoms. The minimum Gasteiger partial charge on any atom is -0.368 e. The van der Waals surface area contributed by atoms with E-state index in [-0.39, 0.29) is 11.9 Å². The van der Waals surface area contributed by atoms with Crippen molar-refractivity contribution < 1.29 is 4.79 Å². The van der Waals surface area contributed by atoms with Crippen LogP contribution >= 0.6 is 0 Å². The Morgan fingerprint density at radius 2 is 2.29 bits per heavy atom. The van der Waals surface area contributed by atoms with Gasteiger partial charge in [0.15, 0.2) is 0 Å². The van der Waals surface area contributed by atoms with Gasteiger partial charge in [-0.25, -0.2) is 0 Å². The predicted octanol–water partition coefficient (Wildman–Crippen LogP) is 1.37. The normalized spacial score (nSPS) is 26.0. The smallest absolute Gasteiger partial charge is 0.234 e. The fourth-order valence-electron chi connectivity index (χ4n) is 2.35. The van der Waals surface area contributed by atoms with Gasteiger partial charge in [0.05, 0.1) is 6.04 Å². The van der Waals surface area contributed by atoms with Gasteiger partial charge in [-0.05, 0) is 31.7 Å². The van der Waals surface area contributed by atoms with E-state index in [2.05, 4.69) is 11.8 Å². The van der Waals surface area contributed by atoms with Crippen LogP contribution in [0.4, 0.5) is 0 Å². The van der Waals surface area contributed by atoms with Crippen molar-refractivity contribution in [1.29, 1.82) is 0 Å². The van der Waals surface area contributed by atoms with E-state index in [1.165, 1.54) is 19.3 Å².